The van der Waals surface area contributed by atoms with Crippen molar-refractivity contribution in [3.63, 3.8) is 0 Å². The lowest BCUT2D eigenvalue weighted by atomic mass is 10.0. The number of hydrogen-bond acceptors (Lipinski definition) is 2. The molecule has 1 amide bonds. The predicted molar refractivity (Wildman–Crippen MR) is 74.5 cm³/mol. The topological polar surface area (TPSA) is 37.4 Å². The Balaban J connectivity index is 1.80. The average molecular weight is 278 g/mol. The molecule has 100 valence electrons. The van der Waals surface area contributed by atoms with E-state index < -0.39 is 0 Å². The average Bonchev–Trinajstić information content (AvgIpc) is 2.99. The normalized spacial score (nSPS) is 19.0. The number of ketones is 1. The third kappa shape index (κ3) is 2.39. The second-order valence-electron chi connectivity index (χ2n) is 5.38. The smallest absolute Gasteiger partial charge is 0.231 e. The number of hydrogen-bond donors (Lipinski definition) is 0. The number of rotatable bonds is 3. The zero-order valence-electron chi connectivity index (χ0n) is 10.7. The van der Waals surface area contributed by atoms with Crippen molar-refractivity contribution in [1.82, 2.24) is 0 Å². The van der Waals surface area contributed by atoms with Crippen LogP contribution in [0.4, 0.5) is 5.69 Å². The van der Waals surface area contributed by atoms with Gasteiger partial charge in [-0.3, -0.25) is 9.59 Å². The number of benzene rings is 1. The van der Waals surface area contributed by atoms with E-state index in [9.17, 15) is 9.59 Å². The van der Waals surface area contributed by atoms with Gasteiger partial charge in [0.2, 0.25) is 5.91 Å². The number of amides is 1. The fraction of sp³-hybridized carbons (Fsp3) is 0.467. The third-order valence-corrected chi connectivity index (χ3v) is 4.34. The Morgan fingerprint density at radius 2 is 2.05 bits per heavy atom. The summed E-state index contributed by atoms with van der Waals surface area (Å²) < 4.78 is 0. The standard InChI is InChI=1S/C15H16ClNO2/c16-12-6-5-11-7-15(19)17(13(11)8-12)9-14(18)10-3-1-2-4-10/h5-6,8,10H,1-4,7,9H2. The van der Waals surface area contributed by atoms with Crippen molar-refractivity contribution < 1.29 is 9.59 Å². The Labute approximate surface area is 117 Å². The molecule has 0 N–H and O–H groups in total. The largest absolute Gasteiger partial charge is 0.304 e. The van der Waals surface area contributed by atoms with E-state index >= 15 is 0 Å². The van der Waals surface area contributed by atoms with E-state index in [1.165, 1.54) is 0 Å². The molecule has 0 spiro atoms. The summed E-state index contributed by atoms with van der Waals surface area (Å²) in [5.74, 6) is 0.346. The van der Waals surface area contributed by atoms with Gasteiger partial charge in [-0.05, 0) is 30.5 Å². The molecule has 1 heterocycles. The highest BCUT2D eigenvalue weighted by atomic mass is 35.5. The van der Waals surface area contributed by atoms with Crippen molar-refractivity contribution in [3.8, 4) is 0 Å². The summed E-state index contributed by atoms with van der Waals surface area (Å²) in [5.41, 5.74) is 1.78. The molecule has 0 saturated heterocycles. The molecular weight excluding hydrogens is 262 g/mol. The first-order valence-corrected chi connectivity index (χ1v) is 7.14. The summed E-state index contributed by atoms with van der Waals surface area (Å²) in [6.45, 7) is 0.205. The minimum absolute atomic E-state index is 0.00335. The van der Waals surface area contributed by atoms with E-state index in [2.05, 4.69) is 0 Å². The fourth-order valence-corrected chi connectivity index (χ4v) is 3.20. The molecular formula is C15H16ClNO2. The summed E-state index contributed by atoms with van der Waals surface area (Å²) in [5, 5.41) is 0.603. The van der Waals surface area contributed by atoms with Crippen LogP contribution in [0.3, 0.4) is 0 Å². The molecule has 3 rings (SSSR count). The van der Waals surface area contributed by atoms with Crippen molar-refractivity contribution in [3.05, 3.63) is 28.8 Å². The molecule has 1 aromatic rings. The van der Waals surface area contributed by atoms with Crippen molar-refractivity contribution >= 4 is 29.0 Å². The first-order chi connectivity index (χ1) is 9.15. The maximum Gasteiger partial charge on any atom is 0.231 e. The fourth-order valence-electron chi connectivity index (χ4n) is 3.04. The molecule has 0 radical (unpaired) electrons. The quantitative estimate of drug-likeness (QED) is 0.852. The highest BCUT2D eigenvalue weighted by molar-refractivity contribution is 6.31. The highest BCUT2D eigenvalue weighted by Crippen LogP contribution is 2.32. The number of carbonyl (C=O) groups excluding carboxylic acids is 2. The molecule has 0 atom stereocenters. The highest BCUT2D eigenvalue weighted by Gasteiger charge is 2.31. The van der Waals surface area contributed by atoms with Gasteiger partial charge in [-0.2, -0.15) is 0 Å². The Bertz CT molecular complexity index is 535. The molecule has 1 aromatic carbocycles. The van der Waals surface area contributed by atoms with Crippen LogP contribution in [0.15, 0.2) is 18.2 Å². The lowest BCUT2D eigenvalue weighted by Gasteiger charge is -2.19. The number of nitrogens with zero attached hydrogens (tertiary/aromatic N) is 1. The number of carbonyl (C=O) groups is 2. The van der Waals surface area contributed by atoms with Gasteiger partial charge in [0.05, 0.1) is 13.0 Å². The molecule has 1 aliphatic heterocycles. The molecule has 1 aliphatic carbocycles. The minimum atomic E-state index is 0.00335. The summed E-state index contributed by atoms with van der Waals surface area (Å²) in [6.07, 6.45) is 4.59. The van der Waals surface area contributed by atoms with Crippen LogP contribution in [0.1, 0.15) is 31.2 Å². The molecule has 19 heavy (non-hydrogen) atoms. The van der Waals surface area contributed by atoms with E-state index in [0.717, 1.165) is 36.9 Å². The SMILES string of the molecule is O=C(CN1C(=O)Cc2ccc(Cl)cc21)C1CCCC1. The van der Waals surface area contributed by atoms with Crippen molar-refractivity contribution in [1.29, 1.82) is 0 Å². The van der Waals surface area contributed by atoms with E-state index in [-0.39, 0.29) is 24.2 Å². The number of fused-ring (bicyclic) bond motifs is 1. The van der Waals surface area contributed by atoms with Crippen LogP contribution in [-0.2, 0) is 16.0 Å². The van der Waals surface area contributed by atoms with Gasteiger partial charge < -0.3 is 4.90 Å². The second-order valence-corrected chi connectivity index (χ2v) is 5.81. The number of halogens is 1. The Hall–Kier alpha value is -1.35. The van der Waals surface area contributed by atoms with Crippen molar-refractivity contribution in [2.24, 2.45) is 5.92 Å². The summed E-state index contributed by atoms with van der Waals surface area (Å²) in [6, 6.07) is 5.44. The van der Waals surface area contributed by atoms with Crippen LogP contribution < -0.4 is 4.90 Å². The molecule has 4 heteroatoms. The number of Topliss-reactive ketones (excluding diaryl/α,β-unsaturated/α-hetero) is 1. The number of anilines is 1. The van der Waals surface area contributed by atoms with E-state index in [1.54, 1.807) is 17.0 Å². The van der Waals surface area contributed by atoms with Crippen LogP contribution in [0.2, 0.25) is 5.02 Å². The Kier molecular flexibility index (Phi) is 3.31. The van der Waals surface area contributed by atoms with E-state index in [4.69, 9.17) is 11.6 Å². The van der Waals surface area contributed by atoms with Gasteiger partial charge in [-0.25, -0.2) is 0 Å². The summed E-state index contributed by atoms with van der Waals surface area (Å²) in [7, 11) is 0. The van der Waals surface area contributed by atoms with Crippen LogP contribution >= 0.6 is 11.6 Å². The summed E-state index contributed by atoms with van der Waals surface area (Å²) in [4.78, 5) is 25.8. The molecule has 1 fully saturated rings. The molecule has 1 saturated carbocycles. The van der Waals surface area contributed by atoms with Crippen molar-refractivity contribution in [2.75, 3.05) is 11.4 Å². The molecule has 0 aromatic heterocycles. The molecule has 3 nitrogen and oxygen atoms in total. The van der Waals surface area contributed by atoms with Crippen LogP contribution in [-0.4, -0.2) is 18.2 Å². The summed E-state index contributed by atoms with van der Waals surface area (Å²) >= 11 is 5.98. The van der Waals surface area contributed by atoms with Gasteiger partial charge in [0.25, 0.3) is 0 Å². The van der Waals surface area contributed by atoms with Gasteiger partial charge in [0.15, 0.2) is 5.78 Å². The second kappa shape index (κ2) is 4.97. The van der Waals surface area contributed by atoms with E-state index in [1.807, 2.05) is 6.07 Å². The zero-order valence-corrected chi connectivity index (χ0v) is 11.4. The Morgan fingerprint density at radius 3 is 2.79 bits per heavy atom. The maximum atomic E-state index is 12.2. The first-order valence-electron chi connectivity index (χ1n) is 6.76. The predicted octanol–water partition coefficient (Wildman–Crippen LogP) is 2.99. The lowest BCUT2D eigenvalue weighted by Crippen LogP contribution is -2.35. The van der Waals surface area contributed by atoms with Crippen molar-refractivity contribution in [2.45, 2.75) is 32.1 Å². The minimum Gasteiger partial charge on any atom is -0.304 e. The van der Waals surface area contributed by atoms with E-state index in [0.29, 0.717) is 11.4 Å². The molecule has 2 aliphatic rings. The van der Waals surface area contributed by atoms with Gasteiger partial charge in [0.1, 0.15) is 0 Å². The molecule has 0 bridgehead atoms. The van der Waals surface area contributed by atoms with Gasteiger partial charge in [-0.1, -0.05) is 30.5 Å². The maximum absolute atomic E-state index is 12.2. The van der Waals surface area contributed by atoms with Crippen LogP contribution in [0.25, 0.3) is 0 Å². The lowest BCUT2D eigenvalue weighted by molar-refractivity contribution is -0.124. The van der Waals surface area contributed by atoms with Gasteiger partial charge >= 0.3 is 0 Å². The Morgan fingerprint density at radius 1 is 1.32 bits per heavy atom. The van der Waals surface area contributed by atoms with Gasteiger partial charge in [0, 0.05) is 16.6 Å². The van der Waals surface area contributed by atoms with Gasteiger partial charge in [-0.15, -0.1) is 0 Å². The van der Waals surface area contributed by atoms with Crippen LogP contribution in [0.5, 0.6) is 0 Å². The third-order valence-electron chi connectivity index (χ3n) is 4.11. The zero-order chi connectivity index (χ0) is 13.4. The first kappa shape index (κ1) is 12.7. The monoisotopic (exact) mass is 277 g/mol. The van der Waals surface area contributed by atoms with Crippen LogP contribution in [0, 0.1) is 5.92 Å². The molecule has 0 unspecified atom stereocenters.